The predicted octanol–water partition coefficient (Wildman–Crippen LogP) is 4.92. The Kier molecular flexibility index (Phi) is 4.99. The molecule has 0 aromatic carbocycles. The number of fused-ring (bicyclic) bond motifs is 1. The number of ether oxygens (including phenoxy) is 1. The third-order valence-electron chi connectivity index (χ3n) is 6.90. The molecule has 0 heterocycles. The van der Waals surface area contributed by atoms with Crippen LogP contribution in [0, 0.1) is 22.7 Å². The van der Waals surface area contributed by atoms with Crippen LogP contribution in [0.3, 0.4) is 0 Å². The third-order valence-corrected chi connectivity index (χ3v) is 6.90. The fourth-order valence-electron chi connectivity index (χ4n) is 6.04. The Bertz CT molecular complexity index is 481. The Balaban J connectivity index is 2.38. The van der Waals surface area contributed by atoms with Crippen LogP contribution in [0.15, 0.2) is 0 Å². The minimum atomic E-state index is -0.431. The summed E-state index contributed by atoms with van der Waals surface area (Å²) in [6.07, 6.45) is 7.14. The first-order chi connectivity index (χ1) is 10.5. The topological polar surface area (TPSA) is 43.4 Å². The molecule has 4 atom stereocenters. The lowest BCUT2D eigenvalue weighted by Gasteiger charge is -2.62. The average molecular weight is 322 g/mol. The molecule has 0 aromatic rings. The number of Topliss-reactive ketones (excluding diaryl/α,β-unsaturated/α-hetero) is 1. The molecule has 2 aliphatic carbocycles. The van der Waals surface area contributed by atoms with Gasteiger partial charge in [0.25, 0.3) is 0 Å². The molecular formula is C20H34O3. The SMILES string of the molecule is CC(=O)CC[C@H]1[C@]2(C)CCCC(C)(C)[C@H]2CC[C@@]1(C)OC(C)=O. The molecule has 0 saturated heterocycles. The number of hydrogen-bond acceptors (Lipinski definition) is 3. The molecule has 132 valence electrons. The number of esters is 1. The van der Waals surface area contributed by atoms with Crippen LogP contribution in [0.25, 0.3) is 0 Å². The van der Waals surface area contributed by atoms with E-state index in [4.69, 9.17) is 4.74 Å². The van der Waals surface area contributed by atoms with Crippen LogP contribution in [0.2, 0.25) is 0 Å². The number of ketones is 1. The molecule has 0 aliphatic heterocycles. The van der Waals surface area contributed by atoms with Crippen LogP contribution in [0.4, 0.5) is 0 Å². The second-order valence-electron chi connectivity index (χ2n) is 9.14. The Morgan fingerprint density at radius 3 is 2.26 bits per heavy atom. The van der Waals surface area contributed by atoms with Crippen molar-refractivity contribution in [3.63, 3.8) is 0 Å². The first-order valence-corrected chi connectivity index (χ1v) is 9.20. The molecule has 3 nitrogen and oxygen atoms in total. The molecule has 0 amide bonds. The van der Waals surface area contributed by atoms with Crippen molar-refractivity contribution >= 4 is 11.8 Å². The summed E-state index contributed by atoms with van der Waals surface area (Å²) >= 11 is 0. The summed E-state index contributed by atoms with van der Waals surface area (Å²) in [5.41, 5.74) is 0.0542. The van der Waals surface area contributed by atoms with Crippen molar-refractivity contribution in [1.29, 1.82) is 0 Å². The average Bonchev–Trinajstić information content (AvgIpc) is 2.34. The van der Waals surface area contributed by atoms with Crippen molar-refractivity contribution in [2.24, 2.45) is 22.7 Å². The van der Waals surface area contributed by atoms with Crippen molar-refractivity contribution in [2.75, 3.05) is 0 Å². The lowest BCUT2D eigenvalue weighted by atomic mass is 9.45. The van der Waals surface area contributed by atoms with Gasteiger partial charge >= 0.3 is 5.97 Å². The van der Waals surface area contributed by atoms with E-state index in [0.29, 0.717) is 17.8 Å². The van der Waals surface area contributed by atoms with Gasteiger partial charge in [-0.1, -0.05) is 27.2 Å². The molecule has 0 radical (unpaired) electrons. The van der Waals surface area contributed by atoms with E-state index in [0.717, 1.165) is 19.3 Å². The van der Waals surface area contributed by atoms with Gasteiger partial charge in [0.2, 0.25) is 0 Å². The fourth-order valence-corrected chi connectivity index (χ4v) is 6.04. The molecule has 0 unspecified atom stereocenters. The quantitative estimate of drug-likeness (QED) is 0.690. The maximum absolute atomic E-state index is 11.7. The molecule has 0 aromatic heterocycles. The van der Waals surface area contributed by atoms with Gasteiger partial charge in [0, 0.05) is 19.3 Å². The van der Waals surface area contributed by atoms with E-state index in [1.807, 2.05) is 0 Å². The summed E-state index contributed by atoms with van der Waals surface area (Å²) < 4.78 is 5.86. The van der Waals surface area contributed by atoms with Crippen LogP contribution in [-0.2, 0) is 14.3 Å². The van der Waals surface area contributed by atoms with E-state index < -0.39 is 5.60 Å². The van der Waals surface area contributed by atoms with Crippen molar-refractivity contribution < 1.29 is 14.3 Å². The van der Waals surface area contributed by atoms with Crippen LogP contribution in [-0.4, -0.2) is 17.4 Å². The third kappa shape index (κ3) is 3.49. The molecule has 0 bridgehead atoms. The zero-order valence-electron chi connectivity index (χ0n) is 15.8. The van der Waals surface area contributed by atoms with Gasteiger partial charge in [0.15, 0.2) is 0 Å². The summed E-state index contributed by atoms with van der Waals surface area (Å²) in [5, 5.41) is 0. The Hall–Kier alpha value is -0.860. The van der Waals surface area contributed by atoms with E-state index in [-0.39, 0.29) is 23.1 Å². The molecule has 2 rings (SSSR count). The van der Waals surface area contributed by atoms with E-state index in [1.54, 1.807) is 6.92 Å². The van der Waals surface area contributed by atoms with E-state index >= 15 is 0 Å². The highest BCUT2D eigenvalue weighted by molar-refractivity contribution is 5.75. The highest BCUT2D eigenvalue weighted by Gasteiger charge is 2.59. The smallest absolute Gasteiger partial charge is 0.303 e. The van der Waals surface area contributed by atoms with E-state index in [9.17, 15) is 9.59 Å². The van der Waals surface area contributed by atoms with Crippen LogP contribution in [0.1, 0.15) is 86.5 Å². The largest absolute Gasteiger partial charge is 0.459 e. The minimum Gasteiger partial charge on any atom is -0.459 e. The van der Waals surface area contributed by atoms with E-state index in [2.05, 4.69) is 27.7 Å². The minimum absolute atomic E-state index is 0.152. The second kappa shape index (κ2) is 6.22. The summed E-state index contributed by atoms with van der Waals surface area (Å²) in [5.74, 6) is 0.943. The maximum Gasteiger partial charge on any atom is 0.303 e. The van der Waals surface area contributed by atoms with Gasteiger partial charge in [-0.15, -0.1) is 0 Å². The number of rotatable bonds is 4. The normalized spacial score (nSPS) is 39.4. The summed E-state index contributed by atoms with van der Waals surface area (Å²) in [7, 11) is 0. The Labute approximate surface area is 141 Å². The van der Waals surface area contributed by atoms with Gasteiger partial charge in [0.05, 0.1) is 0 Å². The number of carbonyl (C=O) groups is 2. The van der Waals surface area contributed by atoms with E-state index in [1.165, 1.54) is 26.2 Å². The van der Waals surface area contributed by atoms with Crippen LogP contribution >= 0.6 is 0 Å². The van der Waals surface area contributed by atoms with Crippen molar-refractivity contribution in [3.8, 4) is 0 Å². The summed E-state index contributed by atoms with van der Waals surface area (Å²) in [4.78, 5) is 23.3. The lowest BCUT2D eigenvalue weighted by Crippen LogP contribution is -2.58. The molecule has 0 N–H and O–H groups in total. The Morgan fingerprint density at radius 1 is 1.04 bits per heavy atom. The van der Waals surface area contributed by atoms with Crippen molar-refractivity contribution in [2.45, 2.75) is 92.1 Å². The Morgan fingerprint density at radius 2 is 1.70 bits per heavy atom. The first kappa shape index (κ1) is 18.5. The van der Waals surface area contributed by atoms with Crippen LogP contribution < -0.4 is 0 Å². The number of hydrogen-bond donors (Lipinski definition) is 0. The molecule has 2 fully saturated rings. The van der Waals surface area contributed by atoms with Crippen molar-refractivity contribution in [3.05, 3.63) is 0 Å². The molecule has 2 aliphatic rings. The van der Waals surface area contributed by atoms with Crippen molar-refractivity contribution in [1.82, 2.24) is 0 Å². The zero-order valence-corrected chi connectivity index (χ0v) is 15.8. The molecule has 23 heavy (non-hydrogen) atoms. The lowest BCUT2D eigenvalue weighted by molar-refractivity contribution is -0.199. The molecular weight excluding hydrogens is 288 g/mol. The summed E-state index contributed by atoms with van der Waals surface area (Å²) in [6.45, 7) is 12.5. The first-order valence-electron chi connectivity index (χ1n) is 9.20. The van der Waals surface area contributed by atoms with Gasteiger partial charge in [0.1, 0.15) is 11.4 Å². The summed E-state index contributed by atoms with van der Waals surface area (Å²) in [6, 6.07) is 0. The number of carbonyl (C=O) groups excluding carboxylic acids is 2. The molecule has 2 saturated carbocycles. The highest BCUT2D eigenvalue weighted by atomic mass is 16.6. The van der Waals surface area contributed by atoms with Gasteiger partial charge in [-0.2, -0.15) is 0 Å². The molecule has 0 spiro atoms. The predicted molar refractivity (Wildman–Crippen MR) is 92.0 cm³/mol. The van der Waals surface area contributed by atoms with Gasteiger partial charge in [-0.3, -0.25) is 4.79 Å². The zero-order chi connectivity index (χ0) is 17.5. The monoisotopic (exact) mass is 322 g/mol. The maximum atomic E-state index is 11.7. The van der Waals surface area contributed by atoms with Gasteiger partial charge < -0.3 is 9.53 Å². The van der Waals surface area contributed by atoms with Crippen LogP contribution in [0.5, 0.6) is 0 Å². The highest BCUT2D eigenvalue weighted by Crippen LogP contribution is 2.63. The fraction of sp³-hybridized carbons (Fsp3) is 0.900. The second-order valence-corrected chi connectivity index (χ2v) is 9.14. The van der Waals surface area contributed by atoms with Gasteiger partial charge in [-0.05, 0) is 62.7 Å². The molecule has 3 heteroatoms. The van der Waals surface area contributed by atoms with Gasteiger partial charge in [-0.25, -0.2) is 0 Å². The standard InChI is InChI=1S/C20H34O3/c1-14(21)8-9-17-19(5)12-7-11-18(3,4)16(19)10-13-20(17,6)23-15(2)22/h16-17H,7-13H2,1-6H3/t16-,17+,19-,20-/m1/s1.